The maximum Gasteiger partial charge on any atom is 0.193 e. The molecule has 178 valence electrons. The molecule has 1 unspecified atom stereocenters. The normalized spacial score (nSPS) is 15.9. The SMILES string of the molecule is CCNC(=NCC(C(C)C)N1CCOCC1)N(C)CCc1ccc(OC)c(OC)c1.I. The van der Waals surface area contributed by atoms with Crippen LogP contribution in [-0.4, -0.2) is 89.0 Å². The van der Waals surface area contributed by atoms with E-state index in [1.54, 1.807) is 14.2 Å². The monoisotopic (exact) mass is 548 g/mol. The number of hydrogen-bond acceptors (Lipinski definition) is 5. The Balaban J connectivity index is 0.00000480. The van der Waals surface area contributed by atoms with Crippen LogP contribution in [0.1, 0.15) is 26.3 Å². The molecule has 1 atom stereocenters. The van der Waals surface area contributed by atoms with Crippen LogP contribution in [0.2, 0.25) is 0 Å². The van der Waals surface area contributed by atoms with Gasteiger partial charge in [0, 0.05) is 39.3 Å². The predicted molar refractivity (Wildman–Crippen MR) is 138 cm³/mol. The van der Waals surface area contributed by atoms with Crippen molar-refractivity contribution >= 4 is 29.9 Å². The fourth-order valence-corrected chi connectivity index (χ4v) is 3.75. The second-order valence-corrected chi connectivity index (χ2v) is 8.02. The lowest BCUT2D eigenvalue weighted by atomic mass is 10.0. The molecule has 1 saturated heterocycles. The minimum Gasteiger partial charge on any atom is -0.493 e. The van der Waals surface area contributed by atoms with E-state index in [2.05, 4.69) is 49.0 Å². The fraction of sp³-hybridized carbons (Fsp3) is 0.696. The first-order chi connectivity index (χ1) is 14.5. The number of likely N-dealkylation sites (N-methyl/N-ethyl adjacent to an activating group) is 1. The third-order valence-corrected chi connectivity index (χ3v) is 5.59. The first-order valence-electron chi connectivity index (χ1n) is 11.0. The van der Waals surface area contributed by atoms with Gasteiger partial charge in [0.15, 0.2) is 17.5 Å². The highest BCUT2D eigenvalue weighted by Gasteiger charge is 2.23. The Kier molecular flexibility index (Phi) is 13.2. The Labute approximate surface area is 205 Å². The van der Waals surface area contributed by atoms with Gasteiger partial charge < -0.3 is 24.4 Å². The molecule has 31 heavy (non-hydrogen) atoms. The number of morpholine rings is 1. The van der Waals surface area contributed by atoms with Gasteiger partial charge in [0.2, 0.25) is 0 Å². The molecule has 1 aromatic carbocycles. The lowest BCUT2D eigenvalue weighted by Crippen LogP contribution is -2.48. The topological polar surface area (TPSA) is 58.6 Å². The van der Waals surface area contributed by atoms with Crippen LogP contribution in [-0.2, 0) is 11.2 Å². The number of hydrogen-bond donors (Lipinski definition) is 1. The number of rotatable bonds is 10. The van der Waals surface area contributed by atoms with Crippen molar-refractivity contribution in [2.45, 2.75) is 33.2 Å². The Hall–Kier alpha value is -1.26. The molecule has 2 rings (SSSR count). The van der Waals surface area contributed by atoms with Crippen molar-refractivity contribution in [3.63, 3.8) is 0 Å². The Morgan fingerprint density at radius 3 is 2.45 bits per heavy atom. The Morgan fingerprint density at radius 1 is 1.19 bits per heavy atom. The van der Waals surface area contributed by atoms with Gasteiger partial charge in [-0.2, -0.15) is 0 Å². The number of benzene rings is 1. The molecular formula is C23H41IN4O3. The summed E-state index contributed by atoms with van der Waals surface area (Å²) < 4.78 is 16.3. The van der Waals surface area contributed by atoms with Crippen LogP contribution in [0.5, 0.6) is 11.5 Å². The average Bonchev–Trinajstić information content (AvgIpc) is 2.77. The van der Waals surface area contributed by atoms with E-state index in [1.165, 1.54) is 5.56 Å². The van der Waals surface area contributed by atoms with Crippen LogP contribution in [0.25, 0.3) is 0 Å². The van der Waals surface area contributed by atoms with Gasteiger partial charge in [-0.05, 0) is 37.0 Å². The first-order valence-corrected chi connectivity index (χ1v) is 11.0. The smallest absolute Gasteiger partial charge is 0.193 e. The molecule has 1 N–H and O–H groups in total. The fourth-order valence-electron chi connectivity index (χ4n) is 3.75. The van der Waals surface area contributed by atoms with Crippen molar-refractivity contribution in [3.05, 3.63) is 23.8 Å². The molecule has 1 aliphatic heterocycles. The summed E-state index contributed by atoms with van der Waals surface area (Å²) in [5, 5.41) is 3.44. The van der Waals surface area contributed by atoms with Gasteiger partial charge in [-0.15, -0.1) is 24.0 Å². The molecule has 0 saturated carbocycles. The molecule has 0 radical (unpaired) electrons. The molecule has 0 amide bonds. The van der Waals surface area contributed by atoms with Gasteiger partial charge in [-0.3, -0.25) is 9.89 Å². The van der Waals surface area contributed by atoms with Crippen LogP contribution in [0.3, 0.4) is 0 Å². The second-order valence-electron chi connectivity index (χ2n) is 8.02. The standard InChI is InChI=1S/C23H40N4O3.HI/c1-7-24-23(25-17-20(18(2)3)27-12-14-30-15-13-27)26(4)11-10-19-8-9-21(28-5)22(16-19)29-6;/h8-9,16,18,20H,7,10-15,17H2,1-6H3,(H,24,25);1H. The number of nitrogens with zero attached hydrogens (tertiary/aromatic N) is 3. The zero-order valence-corrected chi connectivity index (χ0v) is 22.3. The van der Waals surface area contributed by atoms with Crippen molar-refractivity contribution in [3.8, 4) is 11.5 Å². The van der Waals surface area contributed by atoms with Crippen LogP contribution in [0, 0.1) is 5.92 Å². The van der Waals surface area contributed by atoms with E-state index < -0.39 is 0 Å². The summed E-state index contributed by atoms with van der Waals surface area (Å²) >= 11 is 0. The van der Waals surface area contributed by atoms with Gasteiger partial charge in [-0.25, -0.2) is 0 Å². The zero-order chi connectivity index (χ0) is 21.9. The van der Waals surface area contributed by atoms with Gasteiger partial charge in [-0.1, -0.05) is 19.9 Å². The third-order valence-electron chi connectivity index (χ3n) is 5.59. The highest BCUT2D eigenvalue weighted by atomic mass is 127. The van der Waals surface area contributed by atoms with Gasteiger partial charge in [0.05, 0.1) is 34.0 Å². The van der Waals surface area contributed by atoms with Gasteiger partial charge in [0.25, 0.3) is 0 Å². The Morgan fingerprint density at radius 2 is 1.87 bits per heavy atom. The van der Waals surface area contributed by atoms with Crippen molar-refractivity contribution in [2.24, 2.45) is 10.9 Å². The number of methoxy groups -OCH3 is 2. The zero-order valence-electron chi connectivity index (χ0n) is 20.0. The van der Waals surface area contributed by atoms with Crippen molar-refractivity contribution in [1.29, 1.82) is 0 Å². The number of aliphatic imine (C=N–C) groups is 1. The van der Waals surface area contributed by atoms with Crippen molar-refractivity contribution in [1.82, 2.24) is 15.1 Å². The molecule has 7 nitrogen and oxygen atoms in total. The molecule has 0 spiro atoms. The molecule has 0 bridgehead atoms. The molecule has 1 fully saturated rings. The molecule has 1 aromatic rings. The van der Waals surface area contributed by atoms with E-state index in [0.29, 0.717) is 12.0 Å². The summed E-state index contributed by atoms with van der Waals surface area (Å²) in [5.41, 5.74) is 1.21. The van der Waals surface area contributed by atoms with Gasteiger partial charge in [0.1, 0.15) is 0 Å². The number of ether oxygens (including phenoxy) is 3. The minimum absolute atomic E-state index is 0. The number of guanidine groups is 1. The van der Waals surface area contributed by atoms with E-state index in [4.69, 9.17) is 19.2 Å². The number of nitrogens with one attached hydrogen (secondary N) is 1. The Bertz CT molecular complexity index is 666. The lowest BCUT2D eigenvalue weighted by molar-refractivity contribution is 0.00863. The summed E-state index contributed by atoms with van der Waals surface area (Å²) in [6.07, 6.45) is 0.901. The van der Waals surface area contributed by atoms with Crippen LogP contribution in [0.4, 0.5) is 0 Å². The number of halogens is 1. The van der Waals surface area contributed by atoms with Crippen LogP contribution >= 0.6 is 24.0 Å². The average molecular weight is 549 g/mol. The maximum absolute atomic E-state index is 5.52. The van der Waals surface area contributed by atoms with E-state index in [9.17, 15) is 0 Å². The van der Waals surface area contributed by atoms with E-state index in [0.717, 1.165) is 69.8 Å². The summed E-state index contributed by atoms with van der Waals surface area (Å²) in [5.74, 6) is 3.03. The first kappa shape index (κ1) is 27.8. The molecule has 0 aromatic heterocycles. The van der Waals surface area contributed by atoms with Gasteiger partial charge >= 0.3 is 0 Å². The molecule has 1 aliphatic rings. The van der Waals surface area contributed by atoms with E-state index >= 15 is 0 Å². The summed E-state index contributed by atoms with van der Waals surface area (Å²) in [4.78, 5) is 9.71. The van der Waals surface area contributed by atoms with Crippen LogP contribution < -0.4 is 14.8 Å². The minimum atomic E-state index is 0. The largest absolute Gasteiger partial charge is 0.493 e. The highest BCUT2D eigenvalue weighted by Crippen LogP contribution is 2.27. The highest BCUT2D eigenvalue weighted by molar-refractivity contribution is 14.0. The van der Waals surface area contributed by atoms with E-state index in [1.807, 2.05) is 12.1 Å². The summed E-state index contributed by atoms with van der Waals surface area (Å²) in [6, 6.07) is 6.53. The third kappa shape index (κ3) is 8.65. The second kappa shape index (κ2) is 14.7. The molecule has 0 aliphatic carbocycles. The molecular weight excluding hydrogens is 507 g/mol. The summed E-state index contributed by atoms with van der Waals surface area (Å²) in [7, 11) is 5.43. The predicted octanol–water partition coefficient (Wildman–Crippen LogP) is 3.12. The molecule has 1 heterocycles. The lowest BCUT2D eigenvalue weighted by Gasteiger charge is -2.36. The van der Waals surface area contributed by atoms with Crippen molar-refractivity contribution < 1.29 is 14.2 Å². The summed E-state index contributed by atoms with van der Waals surface area (Å²) in [6.45, 7) is 12.8. The van der Waals surface area contributed by atoms with E-state index in [-0.39, 0.29) is 24.0 Å². The van der Waals surface area contributed by atoms with Crippen molar-refractivity contribution in [2.75, 3.05) is 67.2 Å². The quantitative estimate of drug-likeness (QED) is 0.276. The molecule has 8 heteroatoms. The maximum atomic E-state index is 5.52. The van der Waals surface area contributed by atoms with Crippen LogP contribution in [0.15, 0.2) is 23.2 Å².